The summed E-state index contributed by atoms with van der Waals surface area (Å²) in [4.78, 5) is 32.7. The number of carbonyl (C=O) groups is 1. The third-order valence-electron chi connectivity index (χ3n) is 9.15. The molecule has 2 saturated heterocycles. The topological polar surface area (TPSA) is 94.9 Å². The van der Waals surface area contributed by atoms with E-state index in [4.69, 9.17) is 31.3 Å². The number of hydrogen-bond acceptors (Lipinski definition) is 7. The summed E-state index contributed by atoms with van der Waals surface area (Å²) < 4.78 is 6.25. The number of carboxylic acid groups (broad SMARTS) is 1. The van der Waals surface area contributed by atoms with Gasteiger partial charge in [0.25, 0.3) is 0 Å². The van der Waals surface area contributed by atoms with E-state index < -0.39 is 6.09 Å². The Morgan fingerprint density at radius 2 is 1.86 bits per heavy atom. The summed E-state index contributed by atoms with van der Waals surface area (Å²) in [5, 5.41) is 13.1. The van der Waals surface area contributed by atoms with Crippen molar-refractivity contribution in [3.8, 4) is 17.3 Å². The molecule has 2 aliphatic rings. The standard InChI is InChI=1S/C33H39ClN6O3/c1-21-19-39(16-17-40(21)32(41)42)33(2,3)18-28-25-13-14-27(24-11-5-8-22-9-6-12-26(34)29(22)24)35-30(25)37-31(36-28)43-20-23-10-7-15-38(23)4/h5-6,8-9,11-14,21,23H,7,10,15-20H2,1-4H3,(H,41,42)/t21-,23?/m1/s1. The van der Waals surface area contributed by atoms with E-state index in [9.17, 15) is 9.90 Å². The van der Waals surface area contributed by atoms with Crippen molar-refractivity contribution in [2.45, 2.75) is 57.7 Å². The molecule has 0 spiro atoms. The van der Waals surface area contributed by atoms with E-state index in [0.29, 0.717) is 55.4 Å². The zero-order valence-electron chi connectivity index (χ0n) is 25.3. The van der Waals surface area contributed by atoms with Crippen molar-refractivity contribution >= 4 is 39.5 Å². The van der Waals surface area contributed by atoms with Gasteiger partial charge in [0, 0.05) is 65.0 Å². The fourth-order valence-electron chi connectivity index (χ4n) is 6.58. The number of hydrogen-bond donors (Lipinski definition) is 1. The van der Waals surface area contributed by atoms with Crippen LogP contribution in [0.25, 0.3) is 33.1 Å². The zero-order chi connectivity index (χ0) is 30.3. The molecule has 226 valence electrons. The lowest BCUT2D eigenvalue weighted by molar-refractivity contribution is 0.0239. The first-order chi connectivity index (χ1) is 20.6. The average Bonchev–Trinajstić information content (AvgIpc) is 3.39. The van der Waals surface area contributed by atoms with Crippen LogP contribution >= 0.6 is 11.6 Å². The molecule has 4 aromatic rings. The van der Waals surface area contributed by atoms with E-state index in [2.05, 4.69) is 48.9 Å². The van der Waals surface area contributed by atoms with Crippen molar-refractivity contribution < 1.29 is 14.6 Å². The highest BCUT2D eigenvalue weighted by Gasteiger charge is 2.36. The number of fused-ring (bicyclic) bond motifs is 2. The number of likely N-dealkylation sites (N-methyl/N-ethyl adjacent to an activating group) is 1. The Morgan fingerprint density at radius 1 is 1.07 bits per heavy atom. The zero-order valence-corrected chi connectivity index (χ0v) is 26.0. The normalized spacial score (nSPS) is 20.3. The third-order valence-corrected chi connectivity index (χ3v) is 9.47. The van der Waals surface area contributed by atoms with Gasteiger partial charge >= 0.3 is 12.1 Å². The lowest BCUT2D eigenvalue weighted by atomic mass is 9.92. The van der Waals surface area contributed by atoms with Gasteiger partial charge in [-0.1, -0.05) is 41.9 Å². The lowest BCUT2D eigenvalue weighted by Crippen LogP contribution is -2.59. The van der Waals surface area contributed by atoms with Crippen molar-refractivity contribution in [1.29, 1.82) is 0 Å². The molecule has 2 aromatic carbocycles. The number of rotatable bonds is 7. The smallest absolute Gasteiger partial charge is 0.407 e. The molecule has 6 rings (SSSR count). The van der Waals surface area contributed by atoms with E-state index >= 15 is 0 Å². The number of likely N-dealkylation sites (tertiary alicyclic amines) is 1. The Balaban J connectivity index is 1.37. The molecule has 1 amide bonds. The number of pyridine rings is 1. The minimum absolute atomic E-state index is 0.0910. The summed E-state index contributed by atoms with van der Waals surface area (Å²) in [5.74, 6) is 0. The summed E-state index contributed by atoms with van der Waals surface area (Å²) in [7, 11) is 2.13. The maximum atomic E-state index is 11.7. The van der Waals surface area contributed by atoms with E-state index in [0.717, 1.165) is 52.5 Å². The SMILES string of the molecule is C[C@@H]1CN(C(C)(C)Cc2nc(OCC3CCCN3C)nc3nc(-c4cccc5cccc(Cl)c45)ccc23)CCN1C(=O)O. The largest absolute Gasteiger partial charge is 0.465 e. The van der Waals surface area contributed by atoms with Crippen LogP contribution in [0.15, 0.2) is 48.5 Å². The summed E-state index contributed by atoms with van der Waals surface area (Å²) in [6, 6.07) is 16.7. The number of benzene rings is 2. The molecular weight excluding hydrogens is 564 g/mol. The number of aromatic nitrogens is 3. The molecule has 0 bridgehead atoms. The molecular formula is C33H39ClN6O3. The summed E-state index contributed by atoms with van der Waals surface area (Å²) in [6.45, 7) is 9.74. The van der Waals surface area contributed by atoms with E-state index in [1.807, 2.05) is 37.3 Å². The van der Waals surface area contributed by atoms with Crippen molar-refractivity contribution in [3.63, 3.8) is 0 Å². The number of halogens is 1. The highest BCUT2D eigenvalue weighted by atomic mass is 35.5. The van der Waals surface area contributed by atoms with E-state index in [1.165, 1.54) is 4.90 Å². The van der Waals surface area contributed by atoms with Gasteiger partial charge in [-0.3, -0.25) is 4.90 Å². The van der Waals surface area contributed by atoms with Crippen LogP contribution in [0.1, 0.15) is 39.3 Å². The quantitative estimate of drug-likeness (QED) is 0.276. The second kappa shape index (κ2) is 11.9. The number of piperazine rings is 1. The highest BCUT2D eigenvalue weighted by Crippen LogP contribution is 2.35. The van der Waals surface area contributed by atoms with Gasteiger partial charge in [0.1, 0.15) is 6.61 Å². The van der Waals surface area contributed by atoms with Gasteiger partial charge in [-0.15, -0.1) is 0 Å². The fraction of sp³-hybridized carbons (Fsp3) is 0.455. The van der Waals surface area contributed by atoms with Crippen LogP contribution in [0.3, 0.4) is 0 Å². The minimum Gasteiger partial charge on any atom is -0.465 e. The van der Waals surface area contributed by atoms with Crippen LogP contribution in [-0.4, -0.2) is 98.3 Å². The molecule has 2 aromatic heterocycles. The molecule has 0 radical (unpaired) electrons. The molecule has 2 fully saturated rings. The van der Waals surface area contributed by atoms with Crippen molar-refractivity contribution in [2.24, 2.45) is 0 Å². The van der Waals surface area contributed by atoms with Crippen LogP contribution in [0.5, 0.6) is 6.01 Å². The Morgan fingerprint density at radius 3 is 2.58 bits per heavy atom. The van der Waals surface area contributed by atoms with Gasteiger partial charge in [0.05, 0.1) is 11.4 Å². The van der Waals surface area contributed by atoms with Gasteiger partial charge in [-0.05, 0) is 70.8 Å². The van der Waals surface area contributed by atoms with Gasteiger partial charge in [0.15, 0.2) is 5.65 Å². The highest BCUT2D eigenvalue weighted by molar-refractivity contribution is 6.36. The minimum atomic E-state index is -0.865. The number of amides is 1. The summed E-state index contributed by atoms with van der Waals surface area (Å²) >= 11 is 6.66. The monoisotopic (exact) mass is 602 g/mol. The van der Waals surface area contributed by atoms with E-state index in [-0.39, 0.29) is 11.6 Å². The average molecular weight is 603 g/mol. The first-order valence-corrected chi connectivity index (χ1v) is 15.4. The van der Waals surface area contributed by atoms with Crippen molar-refractivity contribution in [1.82, 2.24) is 29.7 Å². The maximum absolute atomic E-state index is 11.7. The van der Waals surface area contributed by atoms with Crippen LogP contribution < -0.4 is 4.74 Å². The van der Waals surface area contributed by atoms with Gasteiger partial charge in [-0.25, -0.2) is 9.78 Å². The molecule has 2 aliphatic heterocycles. The molecule has 1 unspecified atom stereocenters. The molecule has 4 heterocycles. The Labute approximate surface area is 257 Å². The van der Waals surface area contributed by atoms with Crippen molar-refractivity contribution in [3.05, 3.63) is 59.2 Å². The van der Waals surface area contributed by atoms with Crippen LogP contribution in [0.4, 0.5) is 4.79 Å². The maximum Gasteiger partial charge on any atom is 0.407 e. The molecule has 0 aliphatic carbocycles. The number of ether oxygens (including phenoxy) is 1. The Bertz CT molecular complexity index is 1660. The predicted octanol–water partition coefficient (Wildman–Crippen LogP) is 5.98. The Kier molecular flexibility index (Phi) is 8.15. The lowest BCUT2D eigenvalue weighted by Gasteiger charge is -2.46. The van der Waals surface area contributed by atoms with Gasteiger partial charge in [-0.2, -0.15) is 9.97 Å². The molecule has 43 heavy (non-hydrogen) atoms. The Hall–Kier alpha value is -3.53. The molecule has 9 nitrogen and oxygen atoms in total. The molecule has 2 atom stereocenters. The van der Waals surface area contributed by atoms with Crippen LogP contribution in [-0.2, 0) is 6.42 Å². The molecule has 1 N–H and O–H groups in total. The number of nitrogens with zero attached hydrogens (tertiary/aromatic N) is 6. The fourth-order valence-corrected chi connectivity index (χ4v) is 6.87. The predicted molar refractivity (Wildman–Crippen MR) is 170 cm³/mol. The van der Waals surface area contributed by atoms with Crippen LogP contribution in [0, 0.1) is 0 Å². The molecule has 10 heteroatoms. The van der Waals surface area contributed by atoms with E-state index in [1.54, 1.807) is 0 Å². The summed E-state index contributed by atoms with van der Waals surface area (Å²) in [6.07, 6.45) is 2.02. The second-order valence-electron chi connectivity index (χ2n) is 12.5. The van der Waals surface area contributed by atoms with Crippen molar-refractivity contribution in [2.75, 3.05) is 39.8 Å². The third kappa shape index (κ3) is 5.98. The summed E-state index contributed by atoms with van der Waals surface area (Å²) in [5.41, 5.74) is 2.90. The van der Waals surface area contributed by atoms with Gasteiger partial charge in [0.2, 0.25) is 0 Å². The first kappa shape index (κ1) is 29.5. The van der Waals surface area contributed by atoms with Crippen LogP contribution in [0.2, 0.25) is 5.02 Å². The first-order valence-electron chi connectivity index (χ1n) is 15.0. The molecule has 0 saturated carbocycles. The van der Waals surface area contributed by atoms with Gasteiger partial charge < -0.3 is 19.6 Å². The second-order valence-corrected chi connectivity index (χ2v) is 12.9.